The second-order valence-corrected chi connectivity index (χ2v) is 8.82. The standard InChI is InChI=1S/C27H26F3NO7/c1-15(5-3-4-10-31-26(35)36)21-14-20(32)23(25(34)38-21)24(33)16(2)11-19-13-18-7-6-17(12-22(18)37-19)8-9-27(28,29)30/h4,6-7,10-15,31-32H,3,5,8-9H2,1-2H3,(H,35,36). The summed E-state index contributed by atoms with van der Waals surface area (Å²) < 4.78 is 48.4. The molecular formula is C27H26F3NO7. The van der Waals surface area contributed by atoms with Gasteiger partial charge >= 0.3 is 17.9 Å². The van der Waals surface area contributed by atoms with Gasteiger partial charge in [0.1, 0.15) is 28.4 Å². The molecule has 11 heteroatoms. The zero-order valence-corrected chi connectivity index (χ0v) is 20.6. The number of fused-ring (bicyclic) bond motifs is 1. The maximum atomic E-state index is 12.9. The highest BCUT2D eigenvalue weighted by Crippen LogP contribution is 2.28. The topological polar surface area (TPSA) is 130 Å². The summed E-state index contributed by atoms with van der Waals surface area (Å²) >= 11 is 0. The molecule has 3 N–H and O–H groups in total. The number of ketones is 1. The van der Waals surface area contributed by atoms with Crippen molar-refractivity contribution in [3.8, 4) is 5.75 Å². The number of nitrogens with one attached hydrogen (secondary N) is 1. The van der Waals surface area contributed by atoms with Crippen molar-refractivity contribution in [2.75, 3.05) is 0 Å². The third kappa shape index (κ3) is 7.61. The van der Waals surface area contributed by atoms with Gasteiger partial charge in [0.2, 0.25) is 0 Å². The fraction of sp³-hybridized carbons (Fsp3) is 0.296. The molecule has 0 radical (unpaired) electrons. The number of rotatable bonds is 10. The lowest BCUT2D eigenvalue weighted by Crippen LogP contribution is -2.16. The first-order valence-electron chi connectivity index (χ1n) is 11.7. The number of hydrogen-bond acceptors (Lipinski definition) is 6. The number of hydrogen-bond donors (Lipinski definition) is 3. The van der Waals surface area contributed by atoms with Crippen LogP contribution in [0.15, 0.2) is 61.8 Å². The first kappa shape index (κ1) is 28.3. The quantitative estimate of drug-likeness (QED) is 0.199. The van der Waals surface area contributed by atoms with E-state index in [2.05, 4.69) is 5.32 Å². The van der Waals surface area contributed by atoms with Crippen LogP contribution < -0.4 is 10.9 Å². The number of allylic oxidation sites excluding steroid dienone is 2. The molecule has 1 aromatic carbocycles. The molecule has 1 atom stereocenters. The average Bonchev–Trinajstić information content (AvgIpc) is 3.22. The number of carbonyl (C=O) groups excluding carboxylic acids is 1. The van der Waals surface area contributed by atoms with Crippen LogP contribution in [0.4, 0.5) is 18.0 Å². The van der Waals surface area contributed by atoms with Crippen molar-refractivity contribution >= 4 is 28.9 Å². The van der Waals surface area contributed by atoms with Gasteiger partial charge in [0.05, 0.1) is 0 Å². The van der Waals surface area contributed by atoms with Crippen LogP contribution in [0.3, 0.4) is 0 Å². The first-order chi connectivity index (χ1) is 17.8. The molecule has 202 valence electrons. The zero-order valence-electron chi connectivity index (χ0n) is 20.6. The molecular weight excluding hydrogens is 507 g/mol. The highest BCUT2D eigenvalue weighted by molar-refractivity contribution is 6.12. The Kier molecular flexibility index (Phi) is 8.82. The van der Waals surface area contributed by atoms with Crippen LogP contribution in [0.1, 0.15) is 66.5 Å². The number of alkyl halides is 3. The summed E-state index contributed by atoms with van der Waals surface area (Å²) in [5.74, 6) is -1.20. The Labute approximate surface area is 215 Å². The van der Waals surface area contributed by atoms with E-state index in [1.807, 2.05) is 0 Å². The van der Waals surface area contributed by atoms with Crippen molar-refractivity contribution in [3.05, 3.63) is 81.2 Å². The molecule has 3 rings (SSSR count). The Bertz CT molecular complexity index is 1450. The average molecular weight is 533 g/mol. The lowest BCUT2D eigenvalue weighted by Gasteiger charge is -2.11. The number of aryl methyl sites for hydroxylation is 1. The van der Waals surface area contributed by atoms with Crippen LogP contribution >= 0.6 is 0 Å². The van der Waals surface area contributed by atoms with Gasteiger partial charge in [0, 0.05) is 35.6 Å². The monoisotopic (exact) mass is 533 g/mol. The summed E-state index contributed by atoms with van der Waals surface area (Å²) in [4.78, 5) is 35.9. The van der Waals surface area contributed by atoms with E-state index in [4.69, 9.17) is 13.9 Å². The van der Waals surface area contributed by atoms with Crippen LogP contribution in [0.25, 0.3) is 17.0 Å². The molecule has 38 heavy (non-hydrogen) atoms. The van der Waals surface area contributed by atoms with Gasteiger partial charge in [0.25, 0.3) is 0 Å². The van der Waals surface area contributed by atoms with Crippen molar-refractivity contribution in [3.63, 3.8) is 0 Å². The van der Waals surface area contributed by atoms with Gasteiger partial charge in [-0.15, -0.1) is 0 Å². The predicted octanol–water partition coefficient (Wildman–Crippen LogP) is 6.54. The fourth-order valence-corrected chi connectivity index (χ4v) is 3.74. The van der Waals surface area contributed by atoms with Gasteiger partial charge in [-0.1, -0.05) is 25.1 Å². The first-order valence-corrected chi connectivity index (χ1v) is 11.7. The maximum absolute atomic E-state index is 12.9. The third-order valence-corrected chi connectivity index (χ3v) is 5.77. The fourth-order valence-electron chi connectivity index (χ4n) is 3.74. The summed E-state index contributed by atoms with van der Waals surface area (Å²) in [5.41, 5.74) is -0.666. The lowest BCUT2D eigenvalue weighted by atomic mass is 9.99. The Balaban J connectivity index is 1.74. The van der Waals surface area contributed by atoms with Crippen LogP contribution in [-0.4, -0.2) is 28.3 Å². The molecule has 0 saturated carbocycles. The Hall–Kier alpha value is -4.28. The molecule has 3 aromatic rings. The van der Waals surface area contributed by atoms with Crippen LogP contribution in [0.2, 0.25) is 0 Å². The third-order valence-electron chi connectivity index (χ3n) is 5.77. The molecule has 0 aliphatic heterocycles. The SMILES string of the molecule is CC(=Cc1cc2ccc(CCC(F)(F)F)cc2o1)C(=O)c1c(O)cc(C(C)CCC=CNC(=O)O)oc1=O. The van der Waals surface area contributed by atoms with Crippen molar-refractivity contribution in [2.45, 2.75) is 51.6 Å². The molecule has 0 bridgehead atoms. The van der Waals surface area contributed by atoms with Crippen molar-refractivity contribution in [1.29, 1.82) is 0 Å². The Morgan fingerprint density at radius 3 is 2.55 bits per heavy atom. The minimum atomic E-state index is -4.27. The lowest BCUT2D eigenvalue weighted by molar-refractivity contribution is -0.134. The number of Topliss-reactive ketones (excluding diaryl/α,β-unsaturated/α-hetero) is 1. The molecule has 0 spiro atoms. The van der Waals surface area contributed by atoms with Crippen LogP contribution in [0.5, 0.6) is 5.75 Å². The number of carbonyl (C=O) groups is 2. The Morgan fingerprint density at radius 1 is 1.16 bits per heavy atom. The second-order valence-electron chi connectivity index (χ2n) is 8.82. The van der Waals surface area contributed by atoms with Gasteiger partial charge in [0.15, 0.2) is 5.78 Å². The van der Waals surface area contributed by atoms with E-state index in [1.54, 1.807) is 31.2 Å². The van der Waals surface area contributed by atoms with E-state index in [1.165, 1.54) is 31.3 Å². The zero-order chi connectivity index (χ0) is 28.0. The normalized spacial score (nSPS) is 13.2. The van der Waals surface area contributed by atoms with E-state index in [0.29, 0.717) is 29.4 Å². The van der Waals surface area contributed by atoms with Crippen molar-refractivity contribution < 1.29 is 41.8 Å². The molecule has 0 aliphatic rings. The van der Waals surface area contributed by atoms with Gasteiger partial charge in [-0.25, -0.2) is 9.59 Å². The van der Waals surface area contributed by atoms with Crippen molar-refractivity contribution in [2.24, 2.45) is 0 Å². The summed E-state index contributed by atoms with van der Waals surface area (Å²) in [7, 11) is 0. The van der Waals surface area contributed by atoms with Crippen LogP contribution in [0, 0.1) is 0 Å². The minimum Gasteiger partial charge on any atom is -0.507 e. The molecule has 1 amide bonds. The highest BCUT2D eigenvalue weighted by Gasteiger charge is 2.26. The summed E-state index contributed by atoms with van der Waals surface area (Å²) in [6.07, 6.45) is -1.42. The Morgan fingerprint density at radius 2 is 1.89 bits per heavy atom. The maximum Gasteiger partial charge on any atom is 0.408 e. The van der Waals surface area contributed by atoms with Crippen LogP contribution in [-0.2, 0) is 6.42 Å². The molecule has 0 saturated heterocycles. The molecule has 1 unspecified atom stereocenters. The number of furan rings is 1. The van der Waals surface area contributed by atoms with E-state index in [9.17, 15) is 32.7 Å². The molecule has 2 heterocycles. The molecule has 0 fully saturated rings. The number of amides is 1. The highest BCUT2D eigenvalue weighted by atomic mass is 19.4. The molecule has 8 nitrogen and oxygen atoms in total. The van der Waals surface area contributed by atoms with Gasteiger partial charge in [-0.3, -0.25) is 10.1 Å². The summed E-state index contributed by atoms with van der Waals surface area (Å²) in [6, 6.07) is 7.51. The molecule has 2 aromatic heterocycles. The summed E-state index contributed by atoms with van der Waals surface area (Å²) in [5, 5.41) is 21.7. The number of aromatic hydroxyl groups is 1. The minimum absolute atomic E-state index is 0.0702. The smallest absolute Gasteiger partial charge is 0.408 e. The van der Waals surface area contributed by atoms with E-state index >= 15 is 0 Å². The summed E-state index contributed by atoms with van der Waals surface area (Å²) in [6.45, 7) is 3.18. The largest absolute Gasteiger partial charge is 0.507 e. The predicted molar refractivity (Wildman–Crippen MR) is 133 cm³/mol. The number of halogens is 3. The van der Waals surface area contributed by atoms with E-state index in [0.717, 1.165) is 0 Å². The van der Waals surface area contributed by atoms with Gasteiger partial charge in [-0.2, -0.15) is 13.2 Å². The number of benzene rings is 1. The second kappa shape index (κ2) is 11.8. The number of carboxylic acid groups (broad SMARTS) is 1. The molecule has 0 aliphatic carbocycles. The van der Waals surface area contributed by atoms with E-state index in [-0.39, 0.29) is 29.4 Å². The van der Waals surface area contributed by atoms with E-state index < -0.39 is 41.4 Å². The van der Waals surface area contributed by atoms with Gasteiger partial charge < -0.3 is 19.0 Å². The van der Waals surface area contributed by atoms with Gasteiger partial charge in [-0.05, 0) is 50.0 Å². The van der Waals surface area contributed by atoms with Crippen molar-refractivity contribution in [1.82, 2.24) is 5.32 Å².